The SMILES string of the molecule is CCCCCCc1ccc(-c2csc(Cc3ccc(S(=O)(=O)Nc4ccc(CCNC[C@@H](O)c5cccnc5)cc4)cc3)n2)cc1. The number of aliphatic hydroxyl groups is 1. The van der Waals surface area contributed by atoms with E-state index in [0.717, 1.165) is 45.8 Å². The molecule has 5 aromatic rings. The quantitative estimate of drug-likeness (QED) is 0.0893. The van der Waals surface area contributed by atoms with Crippen LogP contribution in [0.3, 0.4) is 0 Å². The zero-order valence-electron chi connectivity index (χ0n) is 26.2. The number of pyridine rings is 1. The monoisotopic (exact) mass is 654 g/mol. The van der Waals surface area contributed by atoms with E-state index in [1.54, 1.807) is 54.1 Å². The van der Waals surface area contributed by atoms with Gasteiger partial charge in [0.2, 0.25) is 0 Å². The highest BCUT2D eigenvalue weighted by atomic mass is 32.2. The van der Waals surface area contributed by atoms with E-state index < -0.39 is 16.1 Å². The van der Waals surface area contributed by atoms with Gasteiger partial charge in [0.1, 0.15) is 0 Å². The van der Waals surface area contributed by atoms with Gasteiger partial charge >= 0.3 is 0 Å². The Bertz CT molecular complexity index is 1740. The molecule has 5 rings (SSSR count). The Hall–Kier alpha value is -3.89. The van der Waals surface area contributed by atoms with E-state index in [2.05, 4.69) is 51.6 Å². The molecule has 9 heteroatoms. The first-order valence-corrected chi connectivity index (χ1v) is 18.3. The molecule has 0 saturated carbocycles. The molecule has 0 aliphatic rings. The molecule has 0 bridgehead atoms. The lowest BCUT2D eigenvalue weighted by molar-refractivity contribution is 0.174. The van der Waals surface area contributed by atoms with Crippen molar-refractivity contribution < 1.29 is 13.5 Å². The van der Waals surface area contributed by atoms with Crippen molar-refractivity contribution in [3.63, 3.8) is 0 Å². The lowest BCUT2D eigenvalue weighted by atomic mass is 10.0. The van der Waals surface area contributed by atoms with Crippen LogP contribution in [0.4, 0.5) is 5.69 Å². The van der Waals surface area contributed by atoms with Crippen molar-refractivity contribution in [2.24, 2.45) is 0 Å². The Morgan fingerprint density at radius 3 is 2.28 bits per heavy atom. The number of aryl methyl sites for hydroxylation is 1. The second kappa shape index (κ2) is 16.6. The number of thiazole rings is 1. The van der Waals surface area contributed by atoms with Gasteiger partial charge in [0, 0.05) is 47.6 Å². The van der Waals surface area contributed by atoms with E-state index in [0.29, 0.717) is 25.2 Å². The highest BCUT2D eigenvalue weighted by Gasteiger charge is 2.15. The molecule has 0 saturated heterocycles. The minimum Gasteiger partial charge on any atom is -0.387 e. The van der Waals surface area contributed by atoms with Crippen LogP contribution < -0.4 is 10.0 Å². The summed E-state index contributed by atoms with van der Waals surface area (Å²) >= 11 is 1.62. The predicted octanol–water partition coefficient (Wildman–Crippen LogP) is 7.59. The number of hydrogen-bond donors (Lipinski definition) is 3. The van der Waals surface area contributed by atoms with Crippen molar-refractivity contribution in [2.75, 3.05) is 17.8 Å². The summed E-state index contributed by atoms with van der Waals surface area (Å²) in [7, 11) is -3.73. The molecule has 2 heterocycles. The fourth-order valence-corrected chi connectivity index (χ4v) is 7.10. The summed E-state index contributed by atoms with van der Waals surface area (Å²) in [5, 5.41) is 16.6. The van der Waals surface area contributed by atoms with Gasteiger partial charge in [-0.25, -0.2) is 13.4 Å². The molecule has 46 heavy (non-hydrogen) atoms. The topological polar surface area (TPSA) is 104 Å². The van der Waals surface area contributed by atoms with E-state index in [1.807, 2.05) is 30.3 Å². The van der Waals surface area contributed by atoms with Crippen molar-refractivity contribution in [1.82, 2.24) is 15.3 Å². The van der Waals surface area contributed by atoms with Crippen LogP contribution in [0.5, 0.6) is 0 Å². The highest BCUT2D eigenvalue weighted by Crippen LogP contribution is 2.25. The molecular weight excluding hydrogens is 613 g/mol. The maximum absolute atomic E-state index is 13.1. The number of nitrogens with zero attached hydrogens (tertiary/aromatic N) is 2. The Morgan fingerprint density at radius 1 is 0.848 bits per heavy atom. The van der Waals surface area contributed by atoms with Gasteiger partial charge < -0.3 is 10.4 Å². The zero-order chi connectivity index (χ0) is 32.2. The largest absolute Gasteiger partial charge is 0.387 e. The fourth-order valence-electron chi connectivity index (χ4n) is 5.20. The number of unbranched alkanes of at least 4 members (excludes halogenated alkanes) is 3. The van der Waals surface area contributed by atoms with Gasteiger partial charge in [-0.1, -0.05) is 80.8 Å². The molecule has 240 valence electrons. The molecule has 0 radical (unpaired) electrons. The van der Waals surface area contributed by atoms with Gasteiger partial charge in [0.05, 0.1) is 21.7 Å². The van der Waals surface area contributed by atoms with Crippen molar-refractivity contribution >= 4 is 27.0 Å². The number of aliphatic hydroxyl groups excluding tert-OH is 1. The summed E-state index contributed by atoms with van der Waals surface area (Å²) in [5.41, 5.74) is 6.82. The first-order valence-electron chi connectivity index (χ1n) is 15.9. The fraction of sp³-hybridized carbons (Fsp3) is 0.297. The van der Waals surface area contributed by atoms with Crippen LogP contribution in [0.2, 0.25) is 0 Å². The first kappa shape index (κ1) is 33.5. The van der Waals surface area contributed by atoms with Crippen molar-refractivity contribution in [2.45, 2.75) is 62.9 Å². The molecule has 0 spiro atoms. The Kier molecular flexibility index (Phi) is 12.1. The van der Waals surface area contributed by atoms with Gasteiger partial charge in [-0.3, -0.25) is 9.71 Å². The van der Waals surface area contributed by atoms with Crippen molar-refractivity contribution in [3.05, 3.63) is 130 Å². The number of rotatable bonds is 17. The van der Waals surface area contributed by atoms with Crippen LogP contribution >= 0.6 is 11.3 Å². The smallest absolute Gasteiger partial charge is 0.261 e. The minimum absolute atomic E-state index is 0.214. The maximum atomic E-state index is 13.1. The lowest BCUT2D eigenvalue weighted by Crippen LogP contribution is -2.23. The van der Waals surface area contributed by atoms with E-state index in [9.17, 15) is 13.5 Å². The van der Waals surface area contributed by atoms with E-state index in [1.165, 1.54) is 31.2 Å². The summed E-state index contributed by atoms with van der Waals surface area (Å²) in [6.45, 7) is 3.35. The van der Waals surface area contributed by atoms with Gasteiger partial charge in [-0.2, -0.15) is 0 Å². The van der Waals surface area contributed by atoms with Crippen LogP contribution in [-0.4, -0.2) is 36.6 Å². The first-order chi connectivity index (χ1) is 22.4. The molecule has 0 fully saturated rings. The number of hydrogen-bond acceptors (Lipinski definition) is 7. The molecule has 0 unspecified atom stereocenters. The molecule has 0 amide bonds. The molecule has 3 aromatic carbocycles. The van der Waals surface area contributed by atoms with Crippen LogP contribution in [0, 0.1) is 0 Å². The van der Waals surface area contributed by atoms with Crippen LogP contribution in [0.15, 0.2) is 108 Å². The average Bonchev–Trinajstić information content (AvgIpc) is 3.55. The standard InChI is InChI=1S/C37H42N4O3S2/c1-2-3-4-5-7-28-9-15-31(16-10-28)35-27-45-37(40-35)24-30-13-19-34(20-14-30)46(43,44)41-33-17-11-29(12-18-33)21-23-39-26-36(42)32-8-6-22-38-25-32/h6,8-20,22,25,27,36,39,41-42H,2-5,7,21,23-24,26H2,1H3/t36-/m1/s1. The third-order valence-electron chi connectivity index (χ3n) is 7.91. The maximum Gasteiger partial charge on any atom is 0.261 e. The van der Waals surface area contributed by atoms with Crippen molar-refractivity contribution in [1.29, 1.82) is 0 Å². The minimum atomic E-state index is -3.73. The number of anilines is 1. The lowest BCUT2D eigenvalue weighted by Gasteiger charge is -2.12. The van der Waals surface area contributed by atoms with Gasteiger partial charge in [-0.15, -0.1) is 11.3 Å². The van der Waals surface area contributed by atoms with E-state index in [4.69, 9.17) is 4.98 Å². The van der Waals surface area contributed by atoms with Crippen LogP contribution in [-0.2, 0) is 29.3 Å². The van der Waals surface area contributed by atoms with Gasteiger partial charge in [0.15, 0.2) is 0 Å². The predicted molar refractivity (Wildman–Crippen MR) is 188 cm³/mol. The molecule has 3 N–H and O–H groups in total. The Labute approximate surface area is 276 Å². The summed E-state index contributed by atoms with van der Waals surface area (Å²) in [6, 6.07) is 26.7. The highest BCUT2D eigenvalue weighted by molar-refractivity contribution is 7.92. The van der Waals surface area contributed by atoms with Crippen LogP contribution in [0.1, 0.15) is 66.0 Å². The molecule has 0 aliphatic carbocycles. The van der Waals surface area contributed by atoms with Crippen LogP contribution in [0.25, 0.3) is 11.3 Å². The van der Waals surface area contributed by atoms with Gasteiger partial charge in [-0.05, 0) is 72.8 Å². The molecule has 2 aromatic heterocycles. The molecule has 7 nitrogen and oxygen atoms in total. The Morgan fingerprint density at radius 2 is 1.57 bits per heavy atom. The van der Waals surface area contributed by atoms with E-state index in [-0.39, 0.29) is 4.90 Å². The third-order valence-corrected chi connectivity index (χ3v) is 10.2. The average molecular weight is 655 g/mol. The van der Waals surface area contributed by atoms with E-state index >= 15 is 0 Å². The summed E-state index contributed by atoms with van der Waals surface area (Å²) in [4.78, 5) is 9.09. The molecular formula is C37H42N4O3S2. The summed E-state index contributed by atoms with van der Waals surface area (Å²) in [5.74, 6) is 0. The number of aromatic nitrogens is 2. The Balaban J connectivity index is 1.08. The number of benzene rings is 3. The number of nitrogens with one attached hydrogen (secondary N) is 2. The molecule has 0 aliphatic heterocycles. The second-order valence-corrected chi connectivity index (χ2v) is 14.1. The third kappa shape index (κ3) is 9.80. The van der Waals surface area contributed by atoms with Gasteiger partial charge in [0.25, 0.3) is 10.0 Å². The second-order valence-electron chi connectivity index (χ2n) is 11.5. The number of sulfonamides is 1. The normalized spacial score (nSPS) is 12.2. The zero-order valence-corrected chi connectivity index (χ0v) is 27.9. The molecule has 1 atom stereocenters. The summed E-state index contributed by atoms with van der Waals surface area (Å²) in [6.07, 6.45) is 10.3. The summed E-state index contributed by atoms with van der Waals surface area (Å²) < 4.78 is 28.8. The van der Waals surface area contributed by atoms with Crippen molar-refractivity contribution in [3.8, 4) is 11.3 Å².